The van der Waals surface area contributed by atoms with Crippen LogP contribution in [0.4, 0.5) is 13.2 Å². The van der Waals surface area contributed by atoms with E-state index < -0.39 is 17.5 Å². The second kappa shape index (κ2) is 9.02. The van der Waals surface area contributed by atoms with Crippen LogP contribution in [0.1, 0.15) is 51.4 Å². The number of nitrogens with zero attached hydrogens (tertiary/aromatic N) is 1. The summed E-state index contributed by atoms with van der Waals surface area (Å²) in [5.41, 5.74) is 1.01. The van der Waals surface area contributed by atoms with Crippen LogP contribution in [-0.4, -0.2) is 68.3 Å². The van der Waals surface area contributed by atoms with Gasteiger partial charge in [-0.3, -0.25) is 14.9 Å². The third-order valence-electron chi connectivity index (χ3n) is 8.56. The molecule has 4 heterocycles. The van der Waals surface area contributed by atoms with Gasteiger partial charge in [0.25, 0.3) is 0 Å². The van der Waals surface area contributed by atoms with Crippen LogP contribution >= 0.6 is 0 Å². The molecule has 5 fully saturated rings. The minimum atomic E-state index is -4.45. The molecule has 182 valence electrons. The molecular formula is C22H35F3N4O3. The number of carbonyl (C=O) groups is 1. The van der Waals surface area contributed by atoms with Crippen molar-refractivity contribution in [2.45, 2.75) is 76.0 Å². The van der Waals surface area contributed by atoms with E-state index in [1.54, 1.807) is 0 Å². The SMILES string of the molecule is O=C(N1CCC(C2NOC(C3CCNC(C4CCOC4)C3)N2)CC1)C1(C(F)(F)F)CCC1. The van der Waals surface area contributed by atoms with E-state index in [1.165, 1.54) is 4.90 Å². The zero-order chi connectivity index (χ0) is 22.3. The minimum Gasteiger partial charge on any atom is -0.381 e. The molecule has 1 saturated carbocycles. The molecule has 1 amide bonds. The van der Waals surface area contributed by atoms with Gasteiger partial charge in [-0.25, -0.2) is 0 Å². The van der Waals surface area contributed by atoms with Crippen LogP contribution in [0, 0.1) is 23.2 Å². The van der Waals surface area contributed by atoms with E-state index in [4.69, 9.17) is 9.57 Å². The molecule has 4 aliphatic heterocycles. The van der Waals surface area contributed by atoms with Crippen molar-refractivity contribution in [3.05, 3.63) is 0 Å². The summed E-state index contributed by atoms with van der Waals surface area (Å²) in [7, 11) is 0. The van der Waals surface area contributed by atoms with Crippen LogP contribution in [0.2, 0.25) is 0 Å². The van der Waals surface area contributed by atoms with Gasteiger partial charge >= 0.3 is 6.18 Å². The van der Waals surface area contributed by atoms with Crippen molar-refractivity contribution in [1.82, 2.24) is 21.0 Å². The molecule has 1 aliphatic carbocycles. The van der Waals surface area contributed by atoms with Gasteiger partial charge in [0, 0.05) is 31.7 Å². The highest BCUT2D eigenvalue weighted by Gasteiger charge is 2.64. The van der Waals surface area contributed by atoms with E-state index in [-0.39, 0.29) is 31.2 Å². The van der Waals surface area contributed by atoms with Gasteiger partial charge < -0.3 is 15.0 Å². The highest BCUT2D eigenvalue weighted by molar-refractivity contribution is 5.84. The Morgan fingerprint density at radius 3 is 2.44 bits per heavy atom. The van der Waals surface area contributed by atoms with Crippen molar-refractivity contribution in [2.75, 3.05) is 32.8 Å². The maximum atomic E-state index is 13.5. The summed E-state index contributed by atoms with van der Waals surface area (Å²) in [4.78, 5) is 20.1. The lowest BCUT2D eigenvalue weighted by Crippen LogP contribution is -2.58. The Labute approximate surface area is 187 Å². The fourth-order valence-corrected chi connectivity index (χ4v) is 6.23. The van der Waals surface area contributed by atoms with Crippen LogP contribution in [0.3, 0.4) is 0 Å². The Morgan fingerprint density at radius 2 is 1.81 bits per heavy atom. The summed E-state index contributed by atoms with van der Waals surface area (Å²) < 4.78 is 46.2. The molecule has 0 aromatic rings. The quantitative estimate of drug-likeness (QED) is 0.597. The van der Waals surface area contributed by atoms with Gasteiger partial charge in [0.1, 0.15) is 11.6 Å². The second-order valence-electron chi connectivity index (χ2n) is 10.3. The van der Waals surface area contributed by atoms with E-state index in [2.05, 4.69) is 16.1 Å². The summed E-state index contributed by atoms with van der Waals surface area (Å²) in [5.74, 6) is 0.493. The van der Waals surface area contributed by atoms with Crippen molar-refractivity contribution in [3.8, 4) is 0 Å². The molecule has 3 N–H and O–H groups in total. The van der Waals surface area contributed by atoms with Crippen molar-refractivity contribution in [1.29, 1.82) is 0 Å². The Morgan fingerprint density at radius 1 is 1.03 bits per heavy atom. The third-order valence-corrected chi connectivity index (χ3v) is 8.56. The molecule has 5 rings (SSSR count). The molecule has 32 heavy (non-hydrogen) atoms. The fourth-order valence-electron chi connectivity index (χ4n) is 6.23. The molecule has 10 heteroatoms. The van der Waals surface area contributed by atoms with Gasteiger partial charge in [-0.15, -0.1) is 0 Å². The number of rotatable bonds is 4. The highest BCUT2D eigenvalue weighted by Crippen LogP contribution is 2.54. The van der Waals surface area contributed by atoms with Crippen molar-refractivity contribution in [2.24, 2.45) is 23.2 Å². The maximum Gasteiger partial charge on any atom is 0.403 e. The van der Waals surface area contributed by atoms with Crippen LogP contribution in [0.5, 0.6) is 0 Å². The van der Waals surface area contributed by atoms with Crippen LogP contribution in [-0.2, 0) is 14.4 Å². The molecule has 0 bridgehead atoms. The standard InChI is InChI=1S/C22H35F3N4O3/c23-22(24,25)21(6-1-7-21)20(30)29-9-3-14(4-10-29)18-27-19(32-28-18)15-2-8-26-17(12-15)16-5-11-31-13-16/h14-19,26-28H,1-13H2. The van der Waals surface area contributed by atoms with Crippen molar-refractivity contribution < 1.29 is 27.5 Å². The predicted molar refractivity (Wildman–Crippen MR) is 110 cm³/mol. The second-order valence-corrected chi connectivity index (χ2v) is 10.3. The molecule has 5 unspecified atom stereocenters. The zero-order valence-corrected chi connectivity index (χ0v) is 18.5. The first-order valence-corrected chi connectivity index (χ1v) is 12.2. The normalized spacial score (nSPS) is 38.6. The van der Waals surface area contributed by atoms with Crippen molar-refractivity contribution >= 4 is 5.91 Å². The monoisotopic (exact) mass is 460 g/mol. The molecule has 0 radical (unpaired) electrons. The summed E-state index contributed by atoms with van der Waals surface area (Å²) in [6.45, 7) is 3.41. The van der Waals surface area contributed by atoms with Crippen LogP contribution in [0.15, 0.2) is 0 Å². The van der Waals surface area contributed by atoms with E-state index in [1.807, 2.05) is 0 Å². The van der Waals surface area contributed by atoms with Crippen molar-refractivity contribution in [3.63, 3.8) is 0 Å². The number of hydroxylamine groups is 1. The first kappa shape index (κ1) is 22.8. The molecule has 0 spiro atoms. The average molecular weight is 461 g/mol. The van der Waals surface area contributed by atoms with Crippen LogP contribution in [0.25, 0.3) is 0 Å². The van der Waals surface area contributed by atoms with E-state index in [0.717, 1.165) is 39.0 Å². The molecule has 0 aromatic carbocycles. The number of hydrogen-bond acceptors (Lipinski definition) is 6. The number of nitrogens with one attached hydrogen (secondary N) is 3. The van der Waals surface area contributed by atoms with Gasteiger partial charge in [0.05, 0.1) is 12.8 Å². The number of piperidine rings is 2. The minimum absolute atomic E-state index is 0.0271. The summed E-state index contributed by atoms with van der Waals surface area (Å²) in [6.07, 6.45) is 0.348. The number of likely N-dealkylation sites (tertiary alicyclic amines) is 1. The number of alkyl halides is 3. The van der Waals surface area contributed by atoms with E-state index in [0.29, 0.717) is 50.2 Å². The average Bonchev–Trinajstić information content (AvgIpc) is 3.44. The smallest absolute Gasteiger partial charge is 0.381 e. The third kappa shape index (κ3) is 4.17. The number of hydrogen-bond donors (Lipinski definition) is 3. The molecule has 4 saturated heterocycles. The summed E-state index contributed by atoms with van der Waals surface area (Å²) in [6, 6.07) is 0.461. The highest BCUT2D eigenvalue weighted by atomic mass is 19.4. The maximum absolute atomic E-state index is 13.5. The lowest BCUT2D eigenvalue weighted by molar-refractivity contribution is -0.249. The molecule has 5 aliphatic rings. The fraction of sp³-hybridized carbons (Fsp3) is 0.955. The van der Waals surface area contributed by atoms with Gasteiger partial charge in [0.15, 0.2) is 0 Å². The van der Waals surface area contributed by atoms with E-state index >= 15 is 0 Å². The van der Waals surface area contributed by atoms with Gasteiger partial charge in [-0.1, -0.05) is 6.42 Å². The van der Waals surface area contributed by atoms with E-state index in [9.17, 15) is 18.0 Å². The summed E-state index contributed by atoms with van der Waals surface area (Å²) in [5, 5.41) is 7.22. The largest absolute Gasteiger partial charge is 0.403 e. The number of halogens is 3. The van der Waals surface area contributed by atoms with Gasteiger partial charge in [-0.05, 0) is 63.3 Å². The predicted octanol–water partition coefficient (Wildman–Crippen LogP) is 2.14. The van der Waals surface area contributed by atoms with Crippen LogP contribution < -0.4 is 16.1 Å². The topological polar surface area (TPSA) is 74.9 Å². The first-order chi connectivity index (χ1) is 15.4. The van der Waals surface area contributed by atoms with Gasteiger partial charge in [-0.2, -0.15) is 18.7 Å². The Balaban J connectivity index is 1.11. The Hall–Kier alpha value is -0.940. The molecule has 7 nitrogen and oxygen atoms in total. The molecular weight excluding hydrogens is 425 g/mol. The zero-order valence-electron chi connectivity index (χ0n) is 18.5. The lowest BCUT2D eigenvalue weighted by atomic mass is 9.67. The lowest BCUT2D eigenvalue weighted by Gasteiger charge is -2.46. The molecule has 5 atom stereocenters. The first-order valence-electron chi connectivity index (χ1n) is 12.2. The Bertz CT molecular complexity index is 676. The number of amides is 1. The molecule has 0 aromatic heterocycles. The Kier molecular flexibility index (Phi) is 6.43. The number of carbonyl (C=O) groups excluding carboxylic acids is 1. The summed E-state index contributed by atoms with van der Waals surface area (Å²) >= 11 is 0. The number of ether oxygens (including phenoxy) is 1. The van der Waals surface area contributed by atoms with Gasteiger partial charge in [0.2, 0.25) is 5.91 Å².